The van der Waals surface area contributed by atoms with Crippen molar-refractivity contribution in [3.63, 3.8) is 0 Å². The Morgan fingerprint density at radius 1 is 1.58 bits per heavy atom. The van der Waals surface area contributed by atoms with E-state index in [9.17, 15) is 14.4 Å². The van der Waals surface area contributed by atoms with Crippen molar-refractivity contribution in [3.05, 3.63) is 18.0 Å². The number of nitrogens with one attached hydrogen (secondary N) is 1. The molecule has 3 N–H and O–H groups in total. The summed E-state index contributed by atoms with van der Waals surface area (Å²) in [7, 11) is 1.71. The molecule has 2 atom stereocenters. The molecule has 1 aromatic rings. The third-order valence-corrected chi connectivity index (χ3v) is 3.06. The summed E-state index contributed by atoms with van der Waals surface area (Å²) in [6.07, 6.45) is 3.11. The van der Waals surface area contributed by atoms with Crippen LogP contribution < -0.4 is 11.1 Å². The monoisotopic (exact) mass is 265 g/mol. The van der Waals surface area contributed by atoms with E-state index in [-0.39, 0.29) is 6.54 Å². The van der Waals surface area contributed by atoms with Gasteiger partial charge >= 0.3 is 0 Å². The molecule has 1 fully saturated rings. The Balaban J connectivity index is 2.18. The van der Waals surface area contributed by atoms with Crippen molar-refractivity contribution in [1.82, 2.24) is 20.0 Å². The van der Waals surface area contributed by atoms with E-state index in [4.69, 9.17) is 5.73 Å². The van der Waals surface area contributed by atoms with Gasteiger partial charge in [-0.2, -0.15) is 5.10 Å². The molecule has 1 aliphatic heterocycles. The maximum absolute atomic E-state index is 12.2. The van der Waals surface area contributed by atoms with Gasteiger partial charge in [0, 0.05) is 18.8 Å². The minimum atomic E-state index is -0.935. The first-order valence-corrected chi connectivity index (χ1v) is 5.78. The van der Waals surface area contributed by atoms with Crippen LogP contribution in [0.25, 0.3) is 0 Å². The zero-order valence-electron chi connectivity index (χ0n) is 10.7. The van der Waals surface area contributed by atoms with E-state index in [0.29, 0.717) is 5.56 Å². The summed E-state index contributed by atoms with van der Waals surface area (Å²) in [6, 6.07) is -1.65. The number of aryl methyl sites for hydroxylation is 1. The van der Waals surface area contributed by atoms with Crippen LogP contribution in [-0.4, -0.2) is 45.0 Å². The molecule has 0 radical (unpaired) electrons. The van der Waals surface area contributed by atoms with Crippen molar-refractivity contribution in [3.8, 4) is 0 Å². The fraction of sp³-hybridized carbons (Fsp3) is 0.455. The van der Waals surface area contributed by atoms with Gasteiger partial charge in [-0.25, -0.2) is 0 Å². The number of piperazine rings is 1. The summed E-state index contributed by atoms with van der Waals surface area (Å²) in [5.74, 6) is -1.47. The molecule has 1 aliphatic rings. The van der Waals surface area contributed by atoms with Crippen LogP contribution in [0.1, 0.15) is 18.5 Å². The highest BCUT2D eigenvalue weighted by Gasteiger charge is 2.36. The van der Waals surface area contributed by atoms with Crippen molar-refractivity contribution >= 4 is 17.7 Å². The van der Waals surface area contributed by atoms with Crippen molar-refractivity contribution in [1.29, 1.82) is 0 Å². The standard InChI is InChI=1S/C11H15N5O3/c1-6-10(18)14-8(17)5-16(6)11(19)9(12)7-3-13-15(2)4-7/h3-4,6,9H,5,12H2,1-2H3,(H,14,17,18). The number of nitrogens with two attached hydrogens (primary N) is 1. The van der Waals surface area contributed by atoms with Crippen molar-refractivity contribution in [2.75, 3.05) is 6.54 Å². The second-order valence-electron chi connectivity index (χ2n) is 4.48. The minimum Gasteiger partial charge on any atom is -0.320 e. The normalized spacial score (nSPS) is 21.2. The SMILES string of the molecule is CC1C(=O)NC(=O)CN1C(=O)C(N)c1cnn(C)c1. The molecular formula is C11H15N5O3. The molecule has 8 heteroatoms. The van der Waals surface area contributed by atoms with Gasteiger partial charge in [0.1, 0.15) is 18.6 Å². The maximum atomic E-state index is 12.2. The molecule has 1 aromatic heterocycles. The highest BCUT2D eigenvalue weighted by atomic mass is 16.2. The van der Waals surface area contributed by atoms with Crippen molar-refractivity contribution in [2.24, 2.45) is 12.8 Å². The molecule has 3 amide bonds. The van der Waals surface area contributed by atoms with E-state index in [1.54, 1.807) is 20.2 Å². The molecule has 19 heavy (non-hydrogen) atoms. The molecule has 0 aromatic carbocycles. The number of imide groups is 1. The van der Waals surface area contributed by atoms with Gasteiger partial charge in [0.15, 0.2) is 0 Å². The van der Waals surface area contributed by atoms with Gasteiger partial charge in [0.2, 0.25) is 17.7 Å². The molecule has 0 aliphatic carbocycles. The van der Waals surface area contributed by atoms with E-state index in [2.05, 4.69) is 10.4 Å². The van der Waals surface area contributed by atoms with Gasteiger partial charge in [0.25, 0.3) is 0 Å². The Kier molecular flexibility index (Phi) is 3.34. The lowest BCUT2D eigenvalue weighted by Crippen LogP contribution is -2.60. The van der Waals surface area contributed by atoms with E-state index < -0.39 is 29.8 Å². The van der Waals surface area contributed by atoms with E-state index in [1.807, 2.05) is 0 Å². The average Bonchev–Trinajstić information content (AvgIpc) is 2.78. The van der Waals surface area contributed by atoms with Crippen molar-refractivity contribution in [2.45, 2.75) is 19.0 Å². The van der Waals surface area contributed by atoms with Crippen molar-refractivity contribution < 1.29 is 14.4 Å². The van der Waals surface area contributed by atoms with Crippen LogP contribution in [0, 0.1) is 0 Å². The summed E-state index contributed by atoms with van der Waals surface area (Å²) < 4.78 is 1.53. The van der Waals surface area contributed by atoms with Crippen LogP contribution >= 0.6 is 0 Å². The van der Waals surface area contributed by atoms with Crippen LogP contribution in [0.2, 0.25) is 0 Å². The number of aromatic nitrogens is 2. The van der Waals surface area contributed by atoms with Crippen LogP contribution in [0.4, 0.5) is 0 Å². The number of amides is 3. The van der Waals surface area contributed by atoms with Gasteiger partial charge < -0.3 is 10.6 Å². The molecule has 8 nitrogen and oxygen atoms in total. The maximum Gasteiger partial charge on any atom is 0.249 e. The predicted octanol–water partition coefficient (Wildman–Crippen LogP) is -1.71. The Bertz CT molecular complexity index is 538. The fourth-order valence-electron chi connectivity index (χ4n) is 1.91. The molecule has 102 valence electrons. The zero-order chi connectivity index (χ0) is 14.2. The van der Waals surface area contributed by atoms with Gasteiger partial charge in [-0.1, -0.05) is 0 Å². The Hall–Kier alpha value is -2.22. The van der Waals surface area contributed by atoms with E-state index in [1.165, 1.54) is 15.8 Å². The first-order valence-electron chi connectivity index (χ1n) is 5.78. The predicted molar refractivity (Wildman–Crippen MR) is 64.5 cm³/mol. The molecule has 0 saturated carbocycles. The number of hydrogen-bond donors (Lipinski definition) is 2. The van der Waals surface area contributed by atoms with Gasteiger partial charge in [0.05, 0.1) is 6.20 Å². The minimum absolute atomic E-state index is 0.167. The van der Waals surface area contributed by atoms with Crippen LogP contribution in [-0.2, 0) is 21.4 Å². The third kappa shape index (κ3) is 2.48. The van der Waals surface area contributed by atoms with Crippen LogP contribution in [0.15, 0.2) is 12.4 Å². The summed E-state index contributed by atoms with van der Waals surface area (Å²) >= 11 is 0. The zero-order valence-corrected chi connectivity index (χ0v) is 10.7. The largest absolute Gasteiger partial charge is 0.320 e. The first kappa shape index (κ1) is 13.2. The number of rotatable bonds is 2. The molecular weight excluding hydrogens is 250 g/mol. The highest BCUT2D eigenvalue weighted by molar-refractivity contribution is 6.04. The molecule has 1 saturated heterocycles. The summed E-state index contributed by atoms with van der Waals surface area (Å²) in [5.41, 5.74) is 6.39. The smallest absolute Gasteiger partial charge is 0.249 e. The Morgan fingerprint density at radius 3 is 2.84 bits per heavy atom. The molecule has 0 spiro atoms. The summed E-state index contributed by atoms with van der Waals surface area (Å²) in [5, 5.41) is 6.10. The molecule has 0 bridgehead atoms. The second-order valence-corrected chi connectivity index (χ2v) is 4.48. The summed E-state index contributed by atoms with van der Waals surface area (Å²) in [4.78, 5) is 36.2. The highest BCUT2D eigenvalue weighted by Crippen LogP contribution is 2.15. The number of nitrogens with zero attached hydrogens (tertiary/aromatic N) is 3. The summed E-state index contributed by atoms with van der Waals surface area (Å²) in [6.45, 7) is 1.38. The Morgan fingerprint density at radius 2 is 2.26 bits per heavy atom. The first-order chi connectivity index (χ1) is 8.90. The van der Waals surface area contributed by atoms with E-state index in [0.717, 1.165) is 0 Å². The number of hydrogen-bond acceptors (Lipinski definition) is 5. The molecule has 2 unspecified atom stereocenters. The third-order valence-electron chi connectivity index (χ3n) is 3.06. The number of carbonyl (C=O) groups is 3. The van der Waals surface area contributed by atoms with Crippen LogP contribution in [0.5, 0.6) is 0 Å². The second kappa shape index (κ2) is 4.81. The lowest BCUT2D eigenvalue weighted by molar-refractivity contribution is -0.150. The lowest BCUT2D eigenvalue weighted by atomic mass is 10.1. The topological polar surface area (TPSA) is 110 Å². The van der Waals surface area contributed by atoms with E-state index >= 15 is 0 Å². The lowest BCUT2D eigenvalue weighted by Gasteiger charge is -2.33. The quantitative estimate of drug-likeness (QED) is 0.619. The fourth-order valence-corrected chi connectivity index (χ4v) is 1.91. The Labute approximate surface area is 109 Å². The van der Waals surface area contributed by atoms with Crippen LogP contribution in [0.3, 0.4) is 0 Å². The molecule has 2 rings (SSSR count). The van der Waals surface area contributed by atoms with Gasteiger partial charge in [-0.15, -0.1) is 0 Å². The number of carbonyl (C=O) groups excluding carboxylic acids is 3. The van der Waals surface area contributed by atoms with Gasteiger partial charge in [-0.3, -0.25) is 24.4 Å². The average molecular weight is 265 g/mol. The molecule has 2 heterocycles. The van der Waals surface area contributed by atoms with Gasteiger partial charge in [-0.05, 0) is 6.92 Å².